The zero-order chi connectivity index (χ0) is 24.7. The quantitative estimate of drug-likeness (QED) is 0.499. The fraction of sp³-hybridized carbons (Fsp3) is 0.375. The van der Waals surface area contributed by atoms with Crippen LogP contribution in [0.2, 0.25) is 0 Å². The zero-order valence-corrected chi connectivity index (χ0v) is 19.4. The van der Waals surface area contributed by atoms with Gasteiger partial charge in [0.1, 0.15) is 5.82 Å². The van der Waals surface area contributed by atoms with Crippen LogP contribution in [0, 0.1) is 12.7 Å². The van der Waals surface area contributed by atoms with E-state index in [0.717, 1.165) is 11.6 Å². The van der Waals surface area contributed by atoms with Crippen LogP contribution in [-0.4, -0.2) is 66.7 Å². The van der Waals surface area contributed by atoms with Crippen LogP contribution in [0.5, 0.6) is 0 Å². The van der Waals surface area contributed by atoms with Crippen LogP contribution < -0.4 is 4.90 Å². The third-order valence-corrected chi connectivity index (χ3v) is 5.55. The fourth-order valence-corrected chi connectivity index (χ4v) is 3.40. The molecule has 4 rings (SSSR count). The Morgan fingerprint density at radius 1 is 1.06 bits per heavy atom. The van der Waals surface area contributed by atoms with Crippen LogP contribution in [0.4, 0.5) is 18.9 Å². The first-order chi connectivity index (χ1) is 16.3. The van der Waals surface area contributed by atoms with Crippen molar-refractivity contribution in [2.45, 2.75) is 19.9 Å². The van der Waals surface area contributed by atoms with Crippen molar-refractivity contribution in [3.05, 3.63) is 65.3 Å². The Morgan fingerprint density at radius 2 is 1.71 bits per heavy atom. The van der Waals surface area contributed by atoms with Crippen LogP contribution in [0.3, 0.4) is 0 Å². The van der Waals surface area contributed by atoms with E-state index in [1.54, 1.807) is 12.1 Å². The lowest BCUT2D eigenvalue weighted by Gasteiger charge is -2.28. The molecule has 0 atom stereocenters. The van der Waals surface area contributed by atoms with Gasteiger partial charge < -0.3 is 19.1 Å². The summed E-state index contributed by atoms with van der Waals surface area (Å²) in [6.45, 7) is 6.80. The molecule has 0 saturated carbocycles. The number of carbonyl (C=O) groups excluding carboxylic acids is 1. The average Bonchev–Trinajstić information content (AvgIpc) is 3.32. The van der Waals surface area contributed by atoms with Crippen LogP contribution in [-0.2, 0) is 11.3 Å². The van der Waals surface area contributed by atoms with Crippen molar-refractivity contribution in [3.8, 4) is 11.5 Å². The predicted octanol–water partition coefficient (Wildman–Crippen LogP) is 4.15. The minimum Gasteiger partial charge on any atom is -0.415 e. The summed E-state index contributed by atoms with van der Waals surface area (Å²) in [5.41, 5.74) is 1.99. The molecular weight excluding hydrogens is 447 g/mol. The second-order valence-electron chi connectivity index (χ2n) is 8.18. The molecule has 0 bridgehead atoms. The number of likely N-dealkylation sites (N-methyl/N-ethyl adjacent to an activating group) is 2. The van der Waals surface area contributed by atoms with Crippen molar-refractivity contribution in [1.82, 2.24) is 20.0 Å². The van der Waals surface area contributed by atoms with Gasteiger partial charge >= 0.3 is 6.43 Å². The normalized spacial score (nSPS) is 14.6. The third-order valence-electron chi connectivity index (χ3n) is 5.55. The number of benzene rings is 2. The Bertz CT molecular complexity index is 1070. The Labute approximate surface area is 196 Å². The fourth-order valence-electron chi connectivity index (χ4n) is 3.40. The lowest BCUT2D eigenvalue weighted by Crippen LogP contribution is -2.42. The van der Waals surface area contributed by atoms with E-state index in [-0.39, 0.29) is 23.6 Å². The molecule has 0 radical (unpaired) electrons. The van der Waals surface area contributed by atoms with Crippen molar-refractivity contribution >= 4 is 12.1 Å². The van der Waals surface area contributed by atoms with Crippen LogP contribution in [0.1, 0.15) is 23.4 Å². The highest BCUT2D eigenvalue weighted by Crippen LogP contribution is 2.26. The van der Waals surface area contributed by atoms with Gasteiger partial charge in [-0.15, -0.1) is 10.2 Å². The molecule has 1 aliphatic rings. The van der Waals surface area contributed by atoms with E-state index in [9.17, 15) is 18.0 Å². The summed E-state index contributed by atoms with van der Waals surface area (Å²) in [6, 6.07) is 11.3. The number of rotatable bonds is 6. The molecule has 34 heavy (non-hydrogen) atoms. The molecule has 1 amide bonds. The van der Waals surface area contributed by atoms with Crippen molar-refractivity contribution < 1.29 is 22.4 Å². The molecule has 1 fully saturated rings. The summed E-state index contributed by atoms with van der Waals surface area (Å²) in [5.74, 6) is -1.63. The van der Waals surface area contributed by atoms with Crippen LogP contribution >= 0.6 is 0 Å². The topological polar surface area (TPSA) is 65.7 Å². The van der Waals surface area contributed by atoms with Crippen molar-refractivity contribution in [2.24, 2.45) is 0 Å². The smallest absolute Gasteiger partial charge is 0.314 e. The molecular formula is C24H28F3N5O2. The molecule has 182 valence electrons. The molecule has 2 aromatic carbocycles. The average molecular weight is 476 g/mol. The van der Waals surface area contributed by atoms with E-state index in [0.29, 0.717) is 12.1 Å². The first-order valence-electron chi connectivity index (χ1n) is 10.8. The molecule has 1 saturated heterocycles. The number of carbonyl (C=O) groups is 1. The Balaban J connectivity index is 0.000000343. The maximum absolute atomic E-state index is 14.4. The number of piperazine rings is 1. The van der Waals surface area contributed by atoms with Crippen LogP contribution in [0.15, 0.2) is 46.9 Å². The Kier molecular flexibility index (Phi) is 8.78. The number of aryl methyl sites for hydroxylation is 1. The van der Waals surface area contributed by atoms with Crippen molar-refractivity contribution in [2.75, 3.05) is 45.2 Å². The number of hydrogen-bond donors (Lipinski definition) is 0. The summed E-state index contributed by atoms with van der Waals surface area (Å²) in [4.78, 5) is 17.5. The molecule has 0 aliphatic carbocycles. The van der Waals surface area contributed by atoms with E-state index in [2.05, 4.69) is 34.1 Å². The number of alkyl halides is 2. The van der Waals surface area contributed by atoms with Gasteiger partial charge in [-0.1, -0.05) is 24.3 Å². The SMILES string of the molecule is CN1CCN(C)CC1.Cc1ccccc1N(C=O)Cc1ccc(-c2nnc(C(F)F)o2)cc1F. The van der Waals surface area contributed by atoms with Gasteiger partial charge in [-0.3, -0.25) is 4.79 Å². The highest BCUT2D eigenvalue weighted by molar-refractivity contribution is 5.77. The minimum absolute atomic E-state index is 0.0204. The molecule has 1 aromatic heterocycles. The maximum atomic E-state index is 14.4. The second kappa shape index (κ2) is 11.8. The first kappa shape index (κ1) is 25.4. The summed E-state index contributed by atoms with van der Waals surface area (Å²) < 4.78 is 44.3. The lowest BCUT2D eigenvalue weighted by atomic mass is 10.1. The van der Waals surface area contributed by atoms with E-state index < -0.39 is 18.1 Å². The highest BCUT2D eigenvalue weighted by Gasteiger charge is 2.18. The third kappa shape index (κ3) is 6.64. The van der Waals surface area contributed by atoms with Crippen molar-refractivity contribution in [3.63, 3.8) is 0 Å². The number of hydrogen-bond acceptors (Lipinski definition) is 6. The van der Waals surface area contributed by atoms with Crippen molar-refractivity contribution in [1.29, 1.82) is 0 Å². The predicted molar refractivity (Wildman–Crippen MR) is 123 cm³/mol. The van der Waals surface area contributed by atoms with Gasteiger partial charge in [0, 0.05) is 43.0 Å². The lowest BCUT2D eigenvalue weighted by molar-refractivity contribution is -0.107. The van der Waals surface area contributed by atoms with Crippen LogP contribution in [0.25, 0.3) is 11.5 Å². The summed E-state index contributed by atoms with van der Waals surface area (Å²) >= 11 is 0. The number of amides is 1. The van der Waals surface area contributed by atoms with Gasteiger partial charge in [0.15, 0.2) is 0 Å². The van der Waals surface area contributed by atoms with Gasteiger partial charge in [-0.25, -0.2) is 4.39 Å². The zero-order valence-electron chi connectivity index (χ0n) is 19.4. The molecule has 0 spiro atoms. The molecule has 2 heterocycles. The van der Waals surface area contributed by atoms with Gasteiger partial charge in [0.05, 0.1) is 6.54 Å². The molecule has 10 heteroatoms. The Morgan fingerprint density at radius 3 is 2.24 bits per heavy atom. The van der Waals surface area contributed by atoms with E-state index >= 15 is 0 Å². The molecule has 3 aromatic rings. The van der Waals surface area contributed by atoms with E-state index in [4.69, 9.17) is 4.42 Å². The summed E-state index contributed by atoms with van der Waals surface area (Å²) in [7, 11) is 4.35. The second-order valence-corrected chi connectivity index (χ2v) is 8.18. The van der Waals surface area contributed by atoms with E-state index in [1.807, 2.05) is 19.1 Å². The number of aromatic nitrogens is 2. The summed E-state index contributed by atoms with van der Waals surface area (Å²) in [6.07, 6.45) is -2.27. The first-order valence-corrected chi connectivity index (χ1v) is 10.8. The molecule has 0 unspecified atom stereocenters. The van der Waals surface area contributed by atoms with Gasteiger partial charge in [-0.2, -0.15) is 8.78 Å². The Hall–Kier alpha value is -3.24. The monoisotopic (exact) mass is 475 g/mol. The number of anilines is 1. The van der Waals surface area contributed by atoms with E-state index in [1.165, 1.54) is 43.2 Å². The maximum Gasteiger partial charge on any atom is 0.314 e. The molecule has 1 aliphatic heterocycles. The summed E-state index contributed by atoms with van der Waals surface area (Å²) in [5, 5.41) is 6.70. The number of para-hydroxylation sites is 1. The molecule has 7 nitrogen and oxygen atoms in total. The number of nitrogens with zero attached hydrogens (tertiary/aromatic N) is 5. The largest absolute Gasteiger partial charge is 0.415 e. The standard InChI is InChI=1S/C18H14F3N3O2.C6H14N2/c1-11-4-2-3-5-15(11)24(10-25)9-13-7-6-12(8-14(13)19)17-22-23-18(26-17)16(20)21;1-7-3-5-8(2)6-4-7/h2-8,10,16H,9H2,1H3;3-6H2,1-2H3. The van der Waals surface area contributed by atoms with Gasteiger partial charge in [0.25, 0.3) is 5.89 Å². The highest BCUT2D eigenvalue weighted by atomic mass is 19.3. The molecule has 0 N–H and O–H groups in total. The minimum atomic E-state index is -2.89. The van der Waals surface area contributed by atoms with Gasteiger partial charge in [0.2, 0.25) is 12.3 Å². The number of halogens is 3. The van der Waals surface area contributed by atoms with Gasteiger partial charge in [-0.05, 0) is 44.8 Å².